The lowest BCUT2D eigenvalue weighted by atomic mass is 10.2. The van der Waals surface area contributed by atoms with Crippen LogP contribution in [0.25, 0.3) is 0 Å². The first-order chi connectivity index (χ1) is 6.60. The van der Waals surface area contributed by atoms with Crippen molar-refractivity contribution in [1.82, 2.24) is 9.80 Å². The minimum Gasteiger partial charge on any atom is -0.308 e. The Morgan fingerprint density at radius 2 is 1.79 bits per heavy atom. The van der Waals surface area contributed by atoms with Crippen LogP contribution < -0.4 is 0 Å². The minimum absolute atomic E-state index is 0.602. The normalized spacial score (nSPS) is 13.9. The fraction of sp³-hybridized carbons (Fsp3) is 1.00. The van der Waals surface area contributed by atoms with Crippen LogP contribution in [0.15, 0.2) is 0 Å². The molecule has 0 bridgehead atoms. The van der Waals surface area contributed by atoms with Gasteiger partial charge in [-0.2, -0.15) is 0 Å². The third kappa shape index (κ3) is 7.60. The lowest BCUT2D eigenvalue weighted by Crippen LogP contribution is -2.35. The van der Waals surface area contributed by atoms with Crippen molar-refractivity contribution in [2.24, 2.45) is 5.92 Å². The SMILES string of the molecule is CCCN(CCN(C)C)CC(C)CCl. The second kappa shape index (κ2) is 8.51. The molecule has 0 spiro atoms. The molecule has 1 atom stereocenters. The van der Waals surface area contributed by atoms with Gasteiger partial charge in [-0.1, -0.05) is 13.8 Å². The van der Waals surface area contributed by atoms with E-state index in [0.29, 0.717) is 5.92 Å². The Morgan fingerprint density at radius 1 is 1.14 bits per heavy atom. The van der Waals surface area contributed by atoms with Gasteiger partial charge in [0.1, 0.15) is 0 Å². The van der Waals surface area contributed by atoms with Crippen LogP contribution in [0.2, 0.25) is 0 Å². The van der Waals surface area contributed by atoms with Crippen LogP contribution >= 0.6 is 11.6 Å². The molecule has 86 valence electrons. The Labute approximate surface area is 94.2 Å². The fourth-order valence-corrected chi connectivity index (χ4v) is 1.54. The molecule has 0 heterocycles. The van der Waals surface area contributed by atoms with E-state index in [-0.39, 0.29) is 0 Å². The van der Waals surface area contributed by atoms with E-state index in [2.05, 4.69) is 37.7 Å². The van der Waals surface area contributed by atoms with E-state index >= 15 is 0 Å². The van der Waals surface area contributed by atoms with Crippen LogP contribution in [0, 0.1) is 5.92 Å². The van der Waals surface area contributed by atoms with Gasteiger partial charge in [-0.05, 0) is 33.0 Å². The van der Waals surface area contributed by atoms with Crippen molar-refractivity contribution >= 4 is 11.6 Å². The molecule has 0 aromatic rings. The highest BCUT2D eigenvalue weighted by molar-refractivity contribution is 6.18. The molecule has 0 aromatic heterocycles. The van der Waals surface area contributed by atoms with E-state index in [1.165, 1.54) is 13.0 Å². The van der Waals surface area contributed by atoms with Crippen molar-refractivity contribution < 1.29 is 0 Å². The minimum atomic E-state index is 0.602. The average molecular weight is 221 g/mol. The molecule has 0 radical (unpaired) electrons. The standard InChI is InChI=1S/C11H25ClN2/c1-5-6-14(8-7-13(3)4)10-11(2)9-12/h11H,5-10H2,1-4H3. The van der Waals surface area contributed by atoms with Gasteiger partial charge in [0.05, 0.1) is 0 Å². The van der Waals surface area contributed by atoms with E-state index in [9.17, 15) is 0 Å². The molecule has 3 heteroatoms. The van der Waals surface area contributed by atoms with Gasteiger partial charge in [0.2, 0.25) is 0 Å². The Kier molecular flexibility index (Phi) is 8.64. The molecule has 0 aliphatic heterocycles. The zero-order valence-corrected chi connectivity index (χ0v) is 10.8. The summed E-state index contributed by atoms with van der Waals surface area (Å²) < 4.78 is 0. The molecule has 0 aliphatic rings. The average Bonchev–Trinajstić information content (AvgIpc) is 2.14. The van der Waals surface area contributed by atoms with Gasteiger partial charge in [-0.15, -0.1) is 11.6 Å². The van der Waals surface area contributed by atoms with Gasteiger partial charge in [-0.25, -0.2) is 0 Å². The van der Waals surface area contributed by atoms with Crippen LogP contribution in [-0.4, -0.2) is 56.0 Å². The highest BCUT2D eigenvalue weighted by atomic mass is 35.5. The molecule has 0 N–H and O–H groups in total. The second-order valence-electron chi connectivity index (χ2n) is 4.36. The summed E-state index contributed by atoms with van der Waals surface area (Å²) in [5.74, 6) is 1.37. The van der Waals surface area contributed by atoms with Gasteiger partial charge < -0.3 is 9.80 Å². The second-order valence-corrected chi connectivity index (χ2v) is 4.67. The van der Waals surface area contributed by atoms with Crippen LogP contribution in [0.1, 0.15) is 20.3 Å². The first kappa shape index (κ1) is 14.2. The van der Waals surface area contributed by atoms with E-state index < -0.39 is 0 Å². The molecule has 0 amide bonds. The largest absolute Gasteiger partial charge is 0.308 e. The van der Waals surface area contributed by atoms with E-state index in [1.807, 2.05) is 0 Å². The first-order valence-corrected chi connectivity index (χ1v) is 6.06. The smallest absolute Gasteiger partial charge is 0.0261 e. The summed E-state index contributed by atoms with van der Waals surface area (Å²) in [6, 6.07) is 0. The van der Waals surface area contributed by atoms with Gasteiger partial charge in [0, 0.05) is 25.5 Å². The molecule has 0 fully saturated rings. The summed E-state index contributed by atoms with van der Waals surface area (Å²) in [4.78, 5) is 4.74. The Bertz CT molecular complexity index is 128. The maximum absolute atomic E-state index is 5.82. The van der Waals surface area contributed by atoms with E-state index in [0.717, 1.165) is 25.5 Å². The van der Waals surface area contributed by atoms with Gasteiger partial charge in [0.25, 0.3) is 0 Å². The van der Waals surface area contributed by atoms with Crippen LogP contribution in [0.5, 0.6) is 0 Å². The number of hydrogen-bond acceptors (Lipinski definition) is 2. The number of halogens is 1. The predicted molar refractivity (Wildman–Crippen MR) is 65.2 cm³/mol. The van der Waals surface area contributed by atoms with Crippen LogP contribution in [-0.2, 0) is 0 Å². The zero-order valence-electron chi connectivity index (χ0n) is 10.1. The number of nitrogens with zero attached hydrogens (tertiary/aromatic N) is 2. The molecular weight excluding hydrogens is 196 g/mol. The third-order valence-corrected chi connectivity index (χ3v) is 2.76. The molecule has 1 unspecified atom stereocenters. The highest BCUT2D eigenvalue weighted by Gasteiger charge is 2.08. The number of likely N-dealkylation sites (N-methyl/N-ethyl adjacent to an activating group) is 1. The van der Waals surface area contributed by atoms with Crippen molar-refractivity contribution in [3.8, 4) is 0 Å². The monoisotopic (exact) mass is 220 g/mol. The molecule has 0 saturated heterocycles. The van der Waals surface area contributed by atoms with Crippen molar-refractivity contribution in [3.63, 3.8) is 0 Å². The first-order valence-electron chi connectivity index (χ1n) is 5.53. The van der Waals surface area contributed by atoms with Crippen molar-refractivity contribution in [2.75, 3.05) is 46.2 Å². The summed E-state index contributed by atoms with van der Waals surface area (Å²) in [6.45, 7) is 9.05. The lowest BCUT2D eigenvalue weighted by Gasteiger charge is -2.25. The topological polar surface area (TPSA) is 6.48 Å². The van der Waals surface area contributed by atoms with Crippen LogP contribution in [0.4, 0.5) is 0 Å². The molecular formula is C11H25ClN2. The molecule has 0 saturated carbocycles. The molecule has 0 rings (SSSR count). The van der Waals surface area contributed by atoms with Crippen molar-refractivity contribution in [3.05, 3.63) is 0 Å². The van der Waals surface area contributed by atoms with E-state index in [4.69, 9.17) is 11.6 Å². The third-order valence-electron chi connectivity index (χ3n) is 2.24. The highest BCUT2D eigenvalue weighted by Crippen LogP contribution is 2.03. The maximum Gasteiger partial charge on any atom is 0.0261 e. The number of rotatable bonds is 8. The molecule has 2 nitrogen and oxygen atoms in total. The quantitative estimate of drug-likeness (QED) is 0.579. The van der Waals surface area contributed by atoms with E-state index in [1.54, 1.807) is 0 Å². The summed E-state index contributed by atoms with van der Waals surface area (Å²) in [6.07, 6.45) is 1.22. The molecule has 14 heavy (non-hydrogen) atoms. The van der Waals surface area contributed by atoms with Crippen molar-refractivity contribution in [1.29, 1.82) is 0 Å². The maximum atomic E-state index is 5.82. The fourth-order valence-electron chi connectivity index (χ4n) is 1.44. The van der Waals surface area contributed by atoms with Crippen molar-refractivity contribution in [2.45, 2.75) is 20.3 Å². The summed E-state index contributed by atoms with van der Waals surface area (Å²) in [5.41, 5.74) is 0. The number of hydrogen-bond donors (Lipinski definition) is 0. The Hall–Kier alpha value is 0.210. The van der Waals surface area contributed by atoms with Gasteiger partial charge >= 0.3 is 0 Å². The molecule has 0 aliphatic carbocycles. The lowest BCUT2D eigenvalue weighted by molar-refractivity contribution is 0.220. The van der Waals surface area contributed by atoms with Gasteiger partial charge in [0.15, 0.2) is 0 Å². The summed E-state index contributed by atoms with van der Waals surface area (Å²) in [7, 11) is 4.24. The summed E-state index contributed by atoms with van der Waals surface area (Å²) >= 11 is 5.82. The predicted octanol–water partition coefficient (Wildman–Crippen LogP) is 2.13. The van der Waals surface area contributed by atoms with Gasteiger partial charge in [-0.3, -0.25) is 0 Å². The van der Waals surface area contributed by atoms with Crippen LogP contribution in [0.3, 0.4) is 0 Å². The Balaban J connectivity index is 3.76. The zero-order chi connectivity index (χ0) is 11.0. The molecule has 0 aromatic carbocycles. The Morgan fingerprint density at radius 3 is 2.21 bits per heavy atom. The number of alkyl halides is 1. The summed E-state index contributed by atoms with van der Waals surface area (Å²) in [5, 5.41) is 0.